The molecule has 0 saturated heterocycles. The summed E-state index contributed by atoms with van der Waals surface area (Å²) in [5.74, 6) is 0.697. The van der Waals surface area contributed by atoms with Gasteiger partial charge in [0.25, 0.3) is 5.69 Å². The van der Waals surface area contributed by atoms with Gasteiger partial charge in [-0.3, -0.25) is 25.7 Å². The Kier molecular flexibility index (Phi) is 3.82. The second kappa shape index (κ2) is 5.95. The van der Waals surface area contributed by atoms with Crippen molar-refractivity contribution in [3.8, 4) is 5.75 Å². The topological polar surface area (TPSA) is 120 Å². The molecule has 0 fully saturated rings. The Bertz CT molecular complexity index is 878. The molecule has 0 bridgehead atoms. The van der Waals surface area contributed by atoms with Gasteiger partial charge in [-0.15, -0.1) is 0 Å². The fourth-order valence-corrected chi connectivity index (χ4v) is 2.38. The van der Waals surface area contributed by atoms with Crippen molar-refractivity contribution in [3.05, 3.63) is 67.8 Å². The number of nitro groups is 2. The second-order valence-electron chi connectivity index (χ2n) is 5.09. The summed E-state index contributed by atoms with van der Waals surface area (Å²) in [5.41, 5.74) is 4.71. The quantitative estimate of drug-likeness (QED) is 0.665. The highest BCUT2D eigenvalue weighted by Gasteiger charge is 2.23. The summed E-state index contributed by atoms with van der Waals surface area (Å²) in [6, 6.07) is 8.98. The lowest BCUT2D eigenvalue weighted by Gasteiger charge is -2.21. The molecule has 2 aromatic carbocycles. The molecule has 0 saturated carbocycles. The fraction of sp³-hybridized carbons (Fsp3) is 0.133. The predicted octanol–water partition coefficient (Wildman–Crippen LogP) is 2.88. The van der Waals surface area contributed by atoms with Crippen LogP contribution < -0.4 is 10.2 Å². The van der Waals surface area contributed by atoms with E-state index in [1.165, 1.54) is 12.1 Å². The van der Waals surface area contributed by atoms with E-state index in [4.69, 9.17) is 4.74 Å². The van der Waals surface area contributed by atoms with Gasteiger partial charge in [0.15, 0.2) is 0 Å². The molecule has 0 heterocycles. The van der Waals surface area contributed by atoms with Gasteiger partial charge in [-0.1, -0.05) is 6.07 Å². The molecule has 3 rings (SSSR count). The first kappa shape index (κ1) is 15.4. The number of nitrogens with zero attached hydrogens (tertiary/aromatic N) is 3. The smallest absolute Gasteiger partial charge is 0.301 e. The Morgan fingerprint density at radius 2 is 1.92 bits per heavy atom. The molecule has 24 heavy (non-hydrogen) atoms. The van der Waals surface area contributed by atoms with E-state index >= 15 is 0 Å². The number of nitro benzene ring substituents is 2. The van der Waals surface area contributed by atoms with Crippen LogP contribution in [0, 0.1) is 20.2 Å². The van der Waals surface area contributed by atoms with Crippen LogP contribution in [-0.2, 0) is 6.42 Å². The van der Waals surface area contributed by atoms with Gasteiger partial charge >= 0.3 is 5.69 Å². The predicted molar refractivity (Wildman–Crippen MR) is 86.6 cm³/mol. The van der Waals surface area contributed by atoms with Crippen molar-refractivity contribution in [2.75, 3.05) is 12.5 Å². The number of hydrogen-bond acceptors (Lipinski definition) is 7. The number of fused-ring (bicyclic) bond motifs is 1. The van der Waals surface area contributed by atoms with Crippen molar-refractivity contribution in [2.24, 2.45) is 5.10 Å². The minimum Gasteiger partial charge on any atom is -0.497 e. The first-order chi connectivity index (χ1) is 11.5. The molecule has 0 aromatic heterocycles. The van der Waals surface area contributed by atoms with Crippen molar-refractivity contribution < 1.29 is 14.6 Å². The molecule has 2 aromatic rings. The van der Waals surface area contributed by atoms with Gasteiger partial charge in [-0.25, -0.2) is 0 Å². The van der Waals surface area contributed by atoms with E-state index < -0.39 is 15.5 Å². The number of hydrogen-bond donors (Lipinski definition) is 1. The van der Waals surface area contributed by atoms with Crippen LogP contribution in [-0.4, -0.2) is 22.7 Å². The van der Waals surface area contributed by atoms with E-state index in [-0.39, 0.29) is 11.4 Å². The van der Waals surface area contributed by atoms with E-state index in [0.29, 0.717) is 12.2 Å². The number of methoxy groups -OCH3 is 1. The Hall–Kier alpha value is -3.49. The summed E-state index contributed by atoms with van der Waals surface area (Å²) in [5, 5.41) is 26.0. The average Bonchev–Trinajstić information content (AvgIpc) is 2.55. The van der Waals surface area contributed by atoms with Crippen LogP contribution in [0.5, 0.6) is 5.75 Å². The molecule has 0 unspecified atom stereocenters. The van der Waals surface area contributed by atoms with Gasteiger partial charge in [0.05, 0.1) is 28.7 Å². The number of benzene rings is 2. The number of ether oxygens (including phenoxy) is 1. The SMILES string of the molecule is COc1ccc2c(c1)C(=NNc1ccc([N+](=O)[O-])cc1[N+](=O)[O-])C2. The van der Waals surface area contributed by atoms with Gasteiger partial charge in [-0.05, 0) is 23.8 Å². The standard InChI is InChI=1S/C15H12N4O5/c1-24-11-4-2-9-6-14(12(9)8-11)17-16-13-5-3-10(18(20)21)7-15(13)19(22)23/h2-5,7-8,16H,6H2,1H3. The summed E-state index contributed by atoms with van der Waals surface area (Å²) in [4.78, 5) is 20.4. The Morgan fingerprint density at radius 3 is 2.58 bits per heavy atom. The van der Waals surface area contributed by atoms with Crippen LogP contribution in [0.4, 0.5) is 17.1 Å². The van der Waals surface area contributed by atoms with Gasteiger partial charge < -0.3 is 4.74 Å². The average molecular weight is 328 g/mol. The van der Waals surface area contributed by atoms with Crippen molar-refractivity contribution in [1.29, 1.82) is 0 Å². The first-order valence-electron chi connectivity index (χ1n) is 6.92. The maximum Gasteiger partial charge on any atom is 0.301 e. The summed E-state index contributed by atoms with van der Waals surface area (Å²) < 4.78 is 5.15. The highest BCUT2D eigenvalue weighted by atomic mass is 16.6. The number of non-ortho nitro benzene ring substituents is 1. The van der Waals surface area contributed by atoms with Crippen molar-refractivity contribution in [3.63, 3.8) is 0 Å². The summed E-state index contributed by atoms with van der Waals surface area (Å²) in [6.07, 6.45) is 0.632. The van der Waals surface area contributed by atoms with Crippen molar-refractivity contribution in [2.45, 2.75) is 6.42 Å². The van der Waals surface area contributed by atoms with Gasteiger partial charge in [0.2, 0.25) is 0 Å². The third kappa shape index (κ3) is 2.74. The zero-order valence-electron chi connectivity index (χ0n) is 12.6. The van der Waals surface area contributed by atoms with Crippen LogP contribution in [0.1, 0.15) is 11.1 Å². The molecule has 0 aliphatic heterocycles. The monoisotopic (exact) mass is 328 g/mol. The molecule has 9 nitrogen and oxygen atoms in total. The van der Waals surface area contributed by atoms with Gasteiger partial charge in [0, 0.05) is 18.1 Å². The summed E-state index contributed by atoms with van der Waals surface area (Å²) in [6.45, 7) is 0. The molecule has 0 spiro atoms. The normalized spacial score (nSPS) is 13.8. The van der Waals surface area contributed by atoms with Crippen molar-refractivity contribution >= 4 is 22.8 Å². The molecule has 9 heteroatoms. The highest BCUT2D eigenvalue weighted by Crippen LogP contribution is 2.31. The van der Waals surface area contributed by atoms with Gasteiger partial charge in [-0.2, -0.15) is 5.10 Å². The highest BCUT2D eigenvalue weighted by molar-refractivity contribution is 6.10. The fourth-order valence-electron chi connectivity index (χ4n) is 2.38. The van der Waals surface area contributed by atoms with Crippen LogP contribution in [0.15, 0.2) is 41.5 Å². The molecule has 0 radical (unpaired) electrons. The van der Waals surface area contributed by atoms with E-state index in [2.05, 4.69) is 10.5 Å². The van der Waals surface area contributed by atoms with Gasteiger partial charge in [0.1, 0.15) is 11.4 Å². The molecule has 0 atom stereocenters. The summed E-state index contributed by atoms with van der Waals surface area (Å²) >= 11 is 0. The lowest BCUT2D eigenvalue weighted by molar-refractivity contribution is -0.393. The number of anilines is 1. The minimum atomic E-state index is -0.687. The summed E-state index contributed by atoms with van der Waals surface area (Å²) in [7, 11) is 1.57. The molecule has 122 valence electrons. The molecule has 1 aliphatic carbocycles. The van der Waals surface area contributed by atoms with E-state index in [9.17, 15) is 20.2 Å². The Balaban J connectivity index is 1.87. The Labute approximate surface area is 135 Å². The van der Waals surface area contributed by atoms with E-state index in [0.717, 1.165) is 22.9 Å². The zero-order chi connectivity index (χ0) is 17.3. The van der Waals surface area contributed by atoms with Crippen LogP contribution >= 0.6 is 0 Å². The zero-order valence-corrected chi connectivity index (χ0v) is 12.6. The molecule has 1 N–H and O–H groups in total. The first-order valence-corrected chi connectivity index (χ1v) is 6.92. The maximum atomic E-state index is 11.1. The maximum absolute atomic E-state index is 11.1. The van der Waals surface area contributed by atoms with E-state index in [1.54, 1.807) is 7.11 Å². The van der Waals surface area contributed by atoms with Crippen LogP contribution in [0.3, 0.4) is 0 Å². The largest absolute Gasteiger partial charge is 0.497 e. The molecular weight excluding hydrogens is 316 g/mol. The van der Waals surface area contributed by atoms with E-state index in [1.807, 2.05) is 18.2 Å². The minimum absolute atomic E-state index is 0.0921. The lowest BCUT2D eigenvalue weighted by Crippen LogP contribution is -2.21. The third-order valence-corrected chi connectivity index (χ3v) is 3.69. The molecular formula is C15H12N4O5. The number of hydrazone groups is 1. The number of rotatable bonds is 5. The Morgan fingerprint density at radius 1 is 1.12 bits per heavy atom. The van der Waals surface area contributed by atoms with Crippen molar-refractivity contribution in [1.82, 2.24) is 0 Å². The third-order valence-electron chi connectivity index (χ3n) is 3.69. The second-order valence-corrected chi connectivity index (χ2v) is 5.09. The molecule has 0 amide bonds. The lowest BCUT2D eigenvalue weighted by atomic mass is 9.86. The van der Waals surface area contributed by atoms with Crippen LogP contribution in [0.25, 0.3) is 0 Å². The van der Waals surface area contributed by atoms with Crippen LogP contribution in [0.2, 0.25) is 0 Å². The molecule has 1 aliphatic rings. The number of nitrogens with one attached hydrogen (secondary N) is 1.